The summed E-state index contributed by atoms with van der Waals surface area (Å²) in [6, 6.07) is 10.1. The number of rotatable bonds is 8. The number of H-pyrrole nitrogens is 1. The summed E-state index contributed by atoms with van der Waals surface area (Å²) < 4.78 is 31.7. The number of aryl methyl sites for hydroxylation is 1. The highest BCUT2D eigenvalue weighted by atomic mass is 32.2. The van der Waals surface area contributed by atoms with Crippen LogP contribution in [0.4, 0.5) is 0 Å². The van der Waals surface area contributed by atoms with Crippen molar-refractivity contribution in [3.05, 3.63) is 64.3 Å². The Morgan fingerprint density at radius 2 is 1.97 bits per heavy atom. The van der Waals surface area contributed by atoms with E-state index in [1.54, 1.807) is 16.9 Å². The van der Waals surface area contributed by atoms with Gasteiger partial charge in [-0.2, -0.15) is 5.10 Å². The van der Waals surface area contributed by atoms with Gasteiger partial charge in [0.25, 0.3) is 5.56 Å². The lowest BCUT2D eigenvalue weighted by atomic mass is 10.1. The summed E-state index contributed by atoms with van der Waals surface area (Å²) in [5.41, 5.74) is 2.29. The Morgan fingerprint density at radius 1 is 1.15 bits per heavy atom. The fraction of sp³-hybridized carbons (Fsp3) is 0.304. The molecule has 0 bridgehead atoms. The minimum atomic E-state index is -3.47. The Kier molecular flexibility index (Phi) is 6.28. The maximum Gasteiger partial charge on any atom is 0.277 e. The molecule has 0 spiro atoms. The van der Waals surface area contributed by atoms with Crippen molar-refractivity contribution in [2.24, 2.45) is 0 Å². The molecule has 33 heavy (non-hydrogen) atoms. The number of pyridine rings is 1. The van der Waals surface area contributed by atoms with Crippen LogP contribution >= 0.6 is 0 Å². The van der Waals surface area contributed by atoms with E-state index < -0.39 is 9.84 Å². The van der Waals surface area contributed by atoms with Gasteiger partial charge in [-0.3, -0.25) is 14.5 Å². The second-order valence-electron chi connectivity index (χ2n) is 7.67. The first-order valence-corrected chi connectivity index (χ1v) is 12.6. The van der Waals surface area contributed by atoms with Crippen molar-refractivity contribution < 1.29 is 13.2 Å². The number of aromatic nitrogens is 5. The molecule has 0 aliphatic carbocycles. The summed E-state index contributed by atoms with van der Waals surface area (Å²) in [5, 5.41) is 4.59. The minimum Gasteiger partial charge on any atom is -0.493 e. The first-order chi connectivity index (χ1) is 15.8. The van der Waals surface area contributed by atoms with Crippen molar-refractivity contribution in [2.75, 3.05) is 12.9 Å². The molecular weight excluding hydrogens is 442 g/mol. The Hall–Kier alpha value is -3.53. The number of nitrogens with one attached hydrogen (secondary N) is 1. The van der Waals surface area contributed by atoms with E-state index in [4.69, 9.17) is 9.72 Å². The lowest BCUT2D eigenvalue weighted by molar-refractivity contribution is 0.318. The second-order valence-corrected chi connectivity index (χ2v) is 9.69. The molecule has 0 aliphatic rings. The van der Waals surface area contributed by atoms with Gasteiger partial charge >= 0.3 is 0 Å². The van der Waals surface area contributed by atoms with Gasteiger partial charge in [0.1, 0.15) is 17.1 Å². The number of sulfone groups is 1. The topological polar surface area (TPSA) is 120 Å². The van der Waals surface area contributed by atoms with Gasteiger partial charge in [-0.1, -0.05) is 19.9 Å². The number of fused-ring (bicyclic) bond motifs is 1. The quantitative estimate of drug-likeness (QED) is 0.423. The molecule has 0 radical (unpaired) electrons. The molecule has 3 heterocycles. The molecule has 0 saturated heterocycles. The molecule has 4 aromatic rings. The van der Waals surface area contributed by atoms with Crippen molar-refractivity contribution in [1.29, 1.82) is 0 Å². The van der Waals surface area contributed by atoms with Crippen LogP contribution in [0.5, 0.6) is 5.75 Å². The Balaban J connectivity index is 1.90. The van der Waals surface area contributed by atoms with Crippen LogP contribution in [0.1, 0.15) is 31.7 Å². The lowest BCUT2D eigenvalue weighted by Crippen LogP contribution is -2.15. The SMILES string of the molecule is CCCOc1ccc(S(C)(=O)=O)cc1-c1nc2c(CC)nn(Cc3ccccn3)c2c(=O)[nH]1. The largest absolute Gasteiger partial charge is 0.493 e. The molecule has 9 nitrogen and oxygen atoms in total. The van der Waals surface area contributed by atoms with Crippen LogP contribution in [0.15, 0.2) is 52.3 Å². The lowest BCUT2D eigenvalue weighted by Gasteiger charge is -2.12. The standard InChI is InChI=1S/C23H25N5O4S/c1-4-12-32-19-10-9-16(33(3,30)31)13-17(19)22-25-20-18(5-2)27-28(21(20)23(29)26-22)14-15-8-6-7-11-24-15/h6-11,13H,4-5,12,14H2,1-3H3,(H,25,26,29). The van der Waals surface area contributed by atoms with Gasteiger partial charge in [0.05, 0.1) is 35.0 Å². The van der Waals surface area contributed by atoms with Gasteiger partial charge in [0, 0.05) is 12.5 Å². The van der Waals surface area contributed by atoms with Gasteiger partial charge in [0.15, 0.2) is 15.4 Å². The molecule has 4 rings (SSSR count). The molecule has 3 aromatic heterocycles. The summed E-state index contributed by atoms with van der Waals surface area (Å²) in [6.07, 6.45) is 4.17. The van der Waals surface area contributed by atoms with Gasteiger partial charge < -0.3 is 9.72 Å². The Labute approximate surface area is 191 Å². The highest BCUT2D eigenvalue weighted by Crippen LogP contribution is 2.31. The highest BCUT2D eigenvalue weighted by molar-refractivity contribution is 7.90. The van der Waals surface area contributed by atoms with E-state index in [1.807, 2.05) is 32.0 Å². The van der Waals surface area contributed by atoms with Crippen LogP contribution < -0.4 is 10.3 Å². The molecule has 172 valence electrons. The highest BCUT2D eigenvalue weighted by Gasteiger charge is 2.20. The third kappa shape index (κ3) is 4.65. The van der Waals surface area contributed by atoms with E-state index in [9.17, 15) is 13.2 Å². The zero-order valence-electron chi connectivity index (χ0n) is 18.7. The van der Waals surface area contributed by atoms with Crippen molar-refractivity contribution >= 4 is 20.9 Å². The second kappa shape index (κ2) is 9.14. The number of nitrogens with zero attached hydrogens (tertiary/aromatic N) is 4. The predicted molar refractivity (Wildman–Crippen MR) is 125 cm³/mol. The zero-order valence-corrected chi connectivity index (χ0v) is 19.5. The van der Waals surface area contributed by atoms with Gasteiger partial charge in [-0.25, -0.2) is 13.4 Å². The Morgan fingerprint density at radius 3 is 2.64 bits per heavy atom. The number of hydrogen-bond donors (Lipinski definition) is 1. The van der Waals surface area contributed by atoms with E-state index in [-0.39, 0.29) is 16.3 Å². The predicted octanol–water partition coefficient (Wildman–Crippen LogP) is 2.98. The molecule has 0 amide bonds. The maximum atomic E-state index is 13.2. The third-order valence-electron chi connectivity index (χ3n) is 5.14. The fourth-order valence-corrected chi connectivity index (χ4v) is 4.19. The van der Waals surface area contributed by atoms with E-state index in [1.165, 1.54) is 12.1 Å². The summed E-state index contributed by atoms with van der Waals surface area (Å²) in [6.45, 7) is 4.69. The summed E-state index contributed by atoms with van der Waals surface area (Å²) in [5.74, 6) is 0.682. The summed E-state index contributed by atoms with van der Waals surface area (Å²) >= 11 is 0. The Bertz CT molecular complexity index is 1460. The van der Waals surface area contributed by atoms with Crippen LogP contribution in [0.25, 0.3) is 22.4 Å². The monoisotopic (exact) mass is 467 g/mol. The summed E-state index contributed by atoms with van der Waals surface area (Å²) in [7, 11) is -3.47. The normalized spacial score (nSPS) is 11.7. The van der Waals surface area contributed by atoms with Crippen molar-refractivity contribution in [1.82, 2.24) is 24.7 Å². The van der Waals surface area contributed by atoms with E-state index in [2.05, 4.69) is 15.1 Å². The molecule has 0 unspecified atom stereocenters. The van der Waals surface area contributed by atoms with Crippen LogP contribution in [0, 0.1) is 0 Å². The van der Waals surface area contributed by atoms with Crippen molar-refractivity contribution in [3.8, 4) is 17.1 Å². The third-order valence-corrected chi connectivity index (χ3v) is 6.25. The van der Waals surface area contributed by atoms with Gasteiger partial charge in [0.2, 0.25) is 0 Å². The van der Waals surface area contributed by atoms with Crippen LogP contribution in [-0.4, -0.2) is 46.0 Å². The van der Waals surface area contributed by atoms with E-state index in [0.717, 1.165) is 18.4 Å². The molecule has 1 aromatic carbocycles. The molecule has 0 aliphatic heterocycles. The first-order valence-electron chi connectivity index (χ1n) is 10.7. The smallest absolute Gasteiger partial charge is 0.277 e. The average molecular weight is 468 g/mol. The van der Waals surface area contributed by atoms with Crippen LogP contribution in [0.3, 0.4) is 0 Å². The van der Waals surface area contributed by atoms with E-state index >= 15 is 0 Å². The number of hydrogen-bond acceptors (Lipinski definition) is 7. The van der Waals surface area contributed by atoms with Crippen molar-refractivity contribution in [3.63, 3.8) is 0 Å². The number of benzene rings is 1. The average Bonchev–Trinajstić information content (AvgIpc) is 3.15. The molecule has 0 fully saturated rings. The van der Waals surface area contributed by atoms with E-state index in [0.29, 0.717) is 47.6 Å². The fourth-order valence-electron chi connectivity index (χ4n) is 3.54. The van der Waals surface area contributed by atoms with Crippen molar-refractivity contribution in [2.45, 2.75) is 38.1 Å². The minimum absolute atomic E-state index is 0.116. The number of aromatic amines is 1. The molecule has 10 heteroatoms. The van der Waals surface area contributed by atoms with Crippen LogP contribution in [-0.2, 0) is 22.8 Å². The van der Waals surface area contributed by atoms with Gasteiger partial charge in [-0.05, 0) is 43.2 Å². The molecule has 0 atom stereocenters. The zero-order chi connectivity index (χ0) is 23.6. The molecule has 0 saturated carbocycles. The molecular formula is C23H25N5O4S. The molecule has 1 N–H and O–H groups in total. The summed E-state index contributed by atoms with van der Waals surface area (Å²) in [4.78, 5) is 25.1. The van der Waals surface area contributed by atoms with Crippen LogP contribution in [0.2, 0.25) is 0 Å². The number of ether oxygens (including phenoxy) is 1. The first kappa shape index (κ1) is 22.7. The van der Waals surface area contributed by atoms with Gasteiger partial charge in [-0.15, -0.1) is 0 Å². The maximum absolute atomic E-state index is 13.2.